The van der Waals surface area contributed by atoms with Gasteiger partial charge in [0.25, 0.3) is 0 Å². The lowest BCUT2D eigenvalue weighted by Crippen LogP contribution is -2.42. The first-order chi connectivity index (χ1) is 13.5. The van der Waals surface area contributed by atoms with E-state index in [-0.39, 0.29) is 11.9 Å². The fourth-order valence-electron chi connectivity index (χ4n) is 3.05. The summed E-state index contributed by atoms with van der Waals surface area (Å²) in [5, 5.41) is 11.9. The summed E-state index contributed by atoms with van der Waals surface area (Å²) in [6.07, 6.45) is 0.967. The van der Waals surface area contributed by atoms with Gasteiger partial charge < -0.3 is 24.8 Å². The second-order valence-electron chi connectivity index (χ2n) is 6.56. The Labute approximate surface area is 163 Å². The average Bonchev–Trinajstić information content (AvgIpc) is 2.71. The van der Waals surface area contributed by atoms with E-state index in [1.807, 2.05) is 31.2 Å². The average molecular weight is 384 g/mol. The second kappa shape index (κ2) is 9.12. The van der Waals surface area contributed by atoms with Crippen LogP contribution in [0.15, 0.2) is 48.5 Å². The van der Waals surface area contributed by atoms with Crippen molar-refractivity contribution in [3.8, 4) is 17.2 Å². The maximum atomic E-state index is 12.3. The number of carboxylic acid groups (broad SMARTS) is 1. The molecule has 0 bridgehead atoms. The molecule has 3 rings (SSSR count). The molecule has 0 spiro atoms. The number of likely N-dealkylation sites (tertiary alicyclic amines) is 1. The summed E-state index contributed by atoms with van der Waals surface area (Å²) < 4.78 is 11.2. The molecule has 2 amide bonds. The lowest BCUT2D eigenvalue weighted by atomic mass is 9.97. The van der Waals surface area contributed by atoms with E-state index in [2.05, 4.69) is 5.32 Å². The minimum atomic E-state index is -0.789. The van der Waals surface area contributed by atoms with Crippen molar-refractivity contribution in [1.29, 1.82) is 0 Å². The van der Waals surface area contributed by atoms with Crippen molar-refractivity contribution in [3.63, 3.8) is 0 Å². The van der Waals surface area contributed by atoms with Crippen LogP contribution >= 0.6 is 0 Å². The number of rotatable bonds is 6. The number of hydrogen-bond acceptors (Lipinski definition) is 4. The van der Waals surface area contributed by atoms with E-state index in [4.69, 9.17) is 14.6 Å². The van der Waals surface area contributed by atoms with Crippen LogP contribution in [-0.4, -0.2) is 41.7 Å². The molecular weight excluding hydrogens is 360 g/mol. The van der Waals surface area contributed by atoms with Crippen molar-refractivity contribution in [2.75, 3.05) is 25.0 Å². The summed E-state index contributed by atoms with van der Waals surface area (Å²) in [5.74, 6) is 0.998. The van der Waals surface area contributed by atoms with Gasteiger partial charge in [-0.05, 0) is 68.3 Å². The van der Waals surface area contributed by atoms with E-state index in [1.54, 1.807) is 29.2 Å². The van der Waals surface area contributed by atoms with Crippen LogP contribution in [-0.2, 0) is 4.79 Å². The Hall–Kier alpha value is -3.22. The zero-order valence-corrected chi connectivity index (χ0v) is 15.8. The fourth-order valence-corrected chi connectivity index (χ4v) is 3.05. The highest BCUT2D eigenvalue weighted by atomic mass is 16.5. The van der Waals surface area contributed by atoms with E-state index in [1.165, 1.54) is 0 Å². The highest BCUT2D eigenvalue weighted by molar-refractivity contribution is 5.89. The van der Waals surface area contributed by atoms with Gasteiger partial charge in [0.2, 0.25) is 0 Å². The molecule has 0 saturated carbocycles. The third kappa shape index (κ3) is 5.16. The first kappa shape index (κ1) is 19.5. The molecule has 2 aromatic carbocycles. The number of ether oxygens (including phenoxy) is 2. The van der Waals surface area contributed by atoms with Crippen LogP contribution in [0.4, 0.5) is 10.5 Å². The number of anilines is 1. The molecule has 0 atom stereocenters. The molecule has 7 heteroatoms. The summed E-state index contributed by atoms with van der Waals surface area (Å²) in [5.41, 5.74) is 0.657. The number of benzene rings is 2. The van der Waals surface area contributed by atoms with Gasteiger partial charge in [-0.15, -0.1) is 0 Å². The Morgan fingerprint density at radius 3 is 2.07 bits per heavy atom. The van der Waals surface area contributed by atoms with Crippen LogP contribution in [0.2, 0.25) is 0 Å². The number of carbonyl (C=O) groups excluding carboxylic acids is 1. The van der Waals surface area contributed by atoms with E-state index >= 15 is 0 Å². The van der Waals surface area contributed by atoms with Gasteiger partial charge in [0.1, 0.15) is 17.2 Å². The molecule has 7 nitrogen and oxygen atoms in total. The predicted molar refractivity (Wildman–Crippen MR) is 105 cm³/mol. The molecule has 28 heavy (non-hydrogen) atoms. The van der Waals surface area contributed by atoms with Gasteiger partial charge in [0.15, 0.2) is 0 Å². The normalized spacial score (nSPS) is 14.4. The van der Waals surface area contributed by atoms with Gasteiger partial charge >= 0.3 is 12.0 Å². The van der Waals surface area contributed by atoms with Crippen molar-refractivity contribution >= 4 is 17.7 Å². The molecular formula is C21H24N2O5. The Bertz CT molecular complexity index is 797. The first-order valence-corrected chi connectivity index (χ1v) is 9.34. The van der Waals surface area contributed by atoms with Gasteiger partial charge in [-0.3, -0.25) is 4.79 Å². The summed E-state index contributed by atoms with van der Waals surface area (Å²) in [7, 11) is 0. The van der Waals surface area contributed by atoms with Gasteiger partial charge in [0, 0.05) is 18.8 Å². The van der Waals surface area contributed by atoms with Crippen molar-refractivity contribution in [1.82, 2.24) is 4.90 Å². The van der Waals surface area contributed by atoms with Crippen LogP contribution in [0.1, 0.15) is 19.8 Å². The number of amides is 2. The van der Waals surface area contributed by atoms with Crippen molar-refractivity contribution in [2.24, 2.45) is 5.92 Å². The van der Waals surface area contributed by atoms with Gasteiger partial charge in [-0.2, -0.15) is 0 Å². The topological polar surface area (TPSA) is 88.1 Å². The highest BCUT2D eigenvalue weighted by Crippen LogP contribution is 2.25. The van der Waals surface area contributed by atoms with Crippen molar-refractivity contribution < 1.29 is 24.2 Å². The molecule has 1 heterocycles. The first-order valence-electron chi connectivity index (χ1n) is 9.34. The Balaban J connectivity index is 1.51. The summed E-state index contributed by atoms with van der Waals surface area (Å²) in [6.45, 7) is 3.44. The molecule has 0 aromatic heterocycles. The maximum Gasteiger partial charge on any atom is 0.321 e. The predicted octanol–water partition coefficient (Wildman–Crippen LogP) is 4.21. The highest BCUT2D eigenvalue weighted by Gasteiger charge is 2.26. The van der Waals surface area contributed by atoms with Crippen molar-refractivity contribution in [2.45, 2.75) is 19.8 Å². The molecule has 0 unspecified atom stereocenters. The molecule has 1 fully saturated rings. The molecule has 2 N–H and O–H groups in total. The number of carbonyl (C=O) groups is 2. The fraction of sp³-hybridized carbons (Fsp3) is 0.333. The Morgan fingerprint density at radius 2 is 1.54 bits per heavy atom. The summed E-state index contributed by atoms with van der Waals surface area (Å²) in [4.78, 5) is 25.0. The Morgan fingerprint density at radius 1 is 1.00 bits per heavy atom. The van der Waals surface area contributed by atoms with Crippen LogP contribution in [0, 0.1) is 5.92 Å². The monoisotopic (exact) mass is 384 g/mol. The van der Waals surface area contributed by atoms with Gasteiger partial charge in [-0.1, -0.05) is 0 Å². The van der Waals surface area contributed by atoms with E-state index in [0.29, 0.717) is 49.7 Å². The quantitative estimate of drug-likeness (QED) is 0.779. The molecule has 1 aliphatic heterocycles. The minimum Gasteiger partial charge on any atom is -0.494 e. The van der Waals surface area contributed by atoms with E-state index in [0.717, 1.165) is 5.75 Å². The molecule has 2 aromatic rings. The van der Waals surface area contributed by atoms with Crippen LogP contribution in [0.25, 0.3) is 0 Å². The number of nitrogens with zero attached hydrogens (tertiary/aromatic N) is 1. The van der Waals surface area contributed by atoms with E-state index in [9.17, 15) is 9.59 Å². The SMILES string of the molecule is CCOc1ccc(Oc2ccc(NC(=O)N3CCC(C(=O)O)CC3)cc2)cc1. The third-order valence-electron chi connectivity index (χ3n) is 4.61. The number of piperidine rings is 1. The Kier molecular flexibility index (Phi) is 6.37. The standard InChI is InChI=1S/C21H24N2O5/c1-2-27-17-7-9-19(10-8-17)28-18-5-3-16(4-6-18)22-21(26)23-13-11-15(12-14-23)20(24)25/h3-10,15H,2,11-14H2,1H3,(H,22,26)(H,24,25). The molecule has 0 aliphatic carbocycles. The molecule has 0 radical (unpaired) electrons. The maximum absolute atomic E-state index is 12.3. The number of aliphatic carboxylic acids is 1. The molecule has 1 saturated heterocycles. The summed E-state index contributed by atoms with van der Waals surface area (Å²) >= 11 is 0. The van der Waals surface area contributed by atoms with Gasteiger partial charge in [-0.25, -0.2) is 4.79 Å². The minimum absolute atomic E-state index is 0.218. The largest absolute Gasteiger partial charge is 0.494 e. The lowest BCUT2D eigenvalue weighted by molar-refractivity contribution is -0.143. The van der Waals surface area contributed by atoms with Crippen LogP contribution in [0.5, 0.6) is 17.2 Å². The van der Waals surface area contributed by atoms with Crippen LogP contribution in [0.3, 0.4) is 0 Å². The summed E-state index contributed by atoms with van der Waals surface area (Å²) in [6, 6.07) is 14.2. The third-order valence-corrected chi connectivity index (χ3v) is 4.61. The number of urea groups is 1. The van der Waals surface area contributed by atoms with E-state index < -0.39 is 5.97 Å². The van der Waals surface area contributed by atoms with Crippen molar-refractivity contribution in [3.05, 3.63) is 48.5 Å². The molecule has 1 aliphatic rings. The second-order valence-corrected chi connectivity index (χ2v) is 6.56. The number of nitrogens with one attached hydrogen (secondary N) is 1. The lowest BCUT2D eigenvalue weighted by Gasteiger charge is -2.30. The number of hydrogen-bond donors (Lipinski definition) is 2. The zero-order valence-electron chi connectivity index (χ0n) is 15.8. The molecule has 148 valence electrons. The van der Waals surface area contributed by atoms with Crippen LogP contribution < -0.4 is 14.8 Å². The van der Waals surface area contributed by atoms with Gasteiger partial charge in [0.05, 0.1) is 12.5 Å². The zero-order chi connectivity index (χ0) is 19.9. The number of carboxylic acids is 1. The smallest absolute Gasteiger partial charge is 0.321 e.